The maximum absolute atomic E-state index is 12.2. The largest absolute Gasteiger partial charge is 0.385 e. The molecule has 0 aliphatic heterocycles. The number of rotatable bonds is 5. The topological polar surface area (TPSA) is 92.4 Å². The summed E-state index contributed by atoms with van der Waals surface area (Å²) in [6.45, 7) is 1.29. The van der Waals surface area contributed by atoms with E-state index < -0.39 is 25.0 Å². The molecule has 0 aliphatic carbocycles. The summed E-state index contributed by atoms with van der Waals surface area (Å²) in [4.78, 5) is 19.8. The van der Waals surface area contributed by atoms with Crippen LogP contribution >= 0.6 is 0 Å². The Labute approximate surface area is 112 Å². The fraction of sp³-hybridized carbons (Fsp3) is 0.455. The zero-order valence-electron chi connectivity index (χ0n) is 10.6. The Morgan fingerprint density at radius 3 is 2.90 bits per heavy atom. The molecule has 2 rings (SSSR count). The minimum Gasteiger partial charge on any atom is -0.385 e. The lowest BCUT2D eigenvalue weighted by Gasteiger charge is -2.12. The third-order valence-electron chi connectivity index (χ3n) is 2.75. The number of nitrogens with one attached hydrogen (secondary N) is 1. The van der Waals surface area contributed by atoms with Gasteiger partial charge in [-0.1, -0.05) is 6.92 Å². The van der Waals surface area contributed by atoms with Gasteiger partial charge in [0.1, 0.15) is 12.4 Å². The first kappa shape index (κ1) is 14.3. The van der Waals surface area contributed by atoms with E-state index in [0.29, 0.717) is 17.9 Å². The third-order valence-corrected chi connectivity index (χ3v) is 2.75. The van der Waals surface area contributed by atoms with E-state index in [4.69, 9.17) is 5.11 Å². The molecular weight excluding hydrogens is 272 g/mol. The number of hydrogen-bond acceptors (Lipinski definition) is 5. The second-order valence-corrected chi connectivity index (χ2v) is 4.06. The highest BCUT2D eigenvalue weighted by Gasteiger charge is 2.20. The molecule has 2 N–H and O–H groups in total. The van der Waals surface area contributed by atoms with Crippen LogP contribution in [-0.4, -0.2) is 49.7 Å². The molecule has 0 aliphatic rings. The van der Waals surface area contributed by atoms with Gasteiger partial charge in [-0.05, 0) is 6.42 Å². The first-order chi connectivity index (χ1) is 9.54. The Morgan fingerprint density at radius 2 is 2.25 bits per heavy atom. The molecule has 1 amide bonds. The molecule has 0 radical (unpaired) electrons. The van der Waals surface area contributed by atoms with Gasteiger partial charge in [-0.25, -0.2) is 18.3 Å². The number of alkyl halides is 2. The molecule has 9 heteroatoms. The molecule has 0 spiro atoms. The summed E-state index contributed by atoms with van der Waals surface area (Å²) < 4.78 is 25.7. The van der Waals surface area contributed by atoms with Crippen LogP contribution in [0.1, 0.15) is 23.0 Å². The smallest absolute Gasteiger partial charge is 0.265 e. The van der Waals surface area contributed by atoms with Gasteiger partial charge in [-0.15, -0.1) is 0 Å². The lowest BCUT2D eigenvalue weighted by Crippen LogP contribution is -2.36. The van der Waals surface area contributed by atoms with E-state index >= 15 is 0 Å². The highest BCUT2D eigenvalue weighted by molar-refractivity contribution is 5.95. The zero-order chi connectivity index (χ0) is 14.7. The second kappa shape index (κ2) is 5.87. The average molecular weight is 285 g/mol. The number of fused-ring (bicyclic) bond motifs is 1. The summed E-state index contributed by atoms with van der Waals surface area (Å²) >= 11 is 0. The van der Waals surface area contributed by atoms with E-state index in [-0.39, 0.29) is 5.56 Å². The van der Waals surface area contributed by atoms with Gasteiger partial charge in [0, 0.05) is 12.7 Å². The summed E-state index contributed by atoms with van der Waals surface area (Å²) in [6.07, 6.45) is -1.69. The predicted octanol–water partition coefficient (Wildman–Crippen LogP) is 0.0425. The van der Waals surface area contributed by atoms with Crippen LogP contribution < -0.4 is 5.32 Å². The zero-order valence-corrected chi connectivity index (χ0v) is 10.6. The van der Waals surface area contributed by atoms with E-state index in [1.165, 1.54) is 17.0 Å². The van der Waals surface area contributed by atoms with Crippen LogP contribution in [0.4, 0.5) is 8.78 Å². The van der Waals surface area contributed by atoms with Crippen molar-refractivity contribution >= 4 is 11.7 Å². The van der Waals surface area contributed by atoms with Gasteiger partial charge < -0.3 is 10.4 Å². The Bertz CT molecular complexity index is 616. The summed E-state index contributed by atoms with van der Waals surface area (Å²) in [5.41, 5.74) is 0.781. The van der Waals surface area contributed by atoms with Crippen LogP contribution in [0.25, 0.3) is 5.78 Å². The van der Waals surface area contributed by atoms with Crippen molar-refractivity contribution in [3.8, 4) is 0 Å². The van der Waals surface area contributed by atoms with Gasteiger partial charge in [-0.2, -0.15) is 10.1 Å². The lowest BCUT2D eigenvalue weighted by molar-refractivity contribution is -0.00271. The van der Waals surface area contributed by atoms with Gasteiger partial charge in [0.2, 0.25) is 0 Å². The van der Waals surface area contributed by atoms with Crippen LogP contribution in [0.3, 0.4) is 0 Å². The summed E-state index contributed by atoms with van der Waals surface area (Å²) in [6, 6.07) is 0. The quantitative estimate of drug-likeness (QED) is 0.809. The number of hydrogen-bond donors (Lipinski definition) is 2. The minimum absolute atomic E-state index is 0.215. The Balaban J connectivity index is 2.21. The number of aliphatic hydroxyl groups excluding tert-OH is 1. The highest BCUT2D eigenvalue weighted by atomic mass is 19.3. The first-order valence-corrected chi connectivity index (χ1v) is 5.96. The fourth-order valence-electron chi connectivity index (χ4n) is 1.74. The van der Waals surface area contributed by atoms with Crippen LogP contribution in [0.5, 0.6) is 0 Å². The molecule has 0 fully saturated rings. The monoisotopic (exact) mass is 285 g/mol. The lowest BCUT2D eigenvalue weighted by atomic mass is 10.1. The van der Waals surface area contributed by atoms with Crippen molar-refractivity contribution in [3.63, 3.8) is 0 Å². The normalized spacial score (nSPS) is 12.8. The van der Waals surface area contributed by atoms with E-state index in [0.717, 1.165) is 0 Å². The predicted molar refractivity (Wildman–Crippen MR) is 64.5 cm³/mol. The average Bonchev–Trinajstić information content (AvgIpc) is 2.91. The maximum atomic E-state index is 12.2. The number of amides is 1. The van der Waals surface area contributed by atoms with Gasteiger partial charge in [-0.3, -0.25) is 4.79 Å². The minimum atomic E-state index is -2.91. The Hall–Kier alpha value is -2.16. The molecule has 0 saturated heterocycles. The summed E-state index contributed by atoms with van der Waals surface area (Å²) in [7, 11) is 0. The molecule has 0 bridgehead atoms. The maximum Gasteiger partial charge on any atom is 0.265 e. The van der Waals surface area contributed by atoms with Crippen molar-refractivity contribution in [2.24, 2.45) is 0 Å². The molecule has 0 saturated carbocycles. The number of nitrogens with zero attached hydrogens (tertiary/aromatic N) is 4. The van der Waals surface area contributed by atoms with Crippen molar-refractivity contribution in [1.29, 1.82) is 0 Å². The molecule has 2 aromatic rings. The van der Waals surface area contributed by atoms with Crippen molar-refractivity contribution in [1.82, 2.24) is 24.9 Å². The summed E-state index contributed by atoms with van der Waals surface area (Å²) in [5.74, 6) is -0.238. The Kier molecular flexibility index (Phi) is 4.18. The van der Waals surface area contributed by atoms with Gasteiger partial charge >= 0.3 is 0 Å². The molecule has 20 heavy (non-hydrogen) atoms. The number of aliphatic hydroxyl groups is 1. The van der Waals surface area contributed by atoms with Crippen LogP contribution in [0.15, 0.2) is 12.5 Å². The van der Waals surface area contributed by atoms with E-state index in [2.05, 4.69) is 20.4 Å². The van der Waals surface area contributed by atoms with Crippen LogP contribution in [0.2, 0.25) is 0 Å². The molecule has 2 aromatic heterocycles. The van der Waals surface area contributed by atoms with Crippen molar-refractivity contribution in [2.75, 3.05) is 6.54 Å². The molecule has 1 atom stereocenters. The van der Waals surface area contributed by atoms with Crippen molar-refractivity contribution in [3.05, 3.63) is 23.8 Å². The SMILES string of the molecule is CCc1c(C(=O)NCC(O)C(F)F)cnc2ncnn12. The van der Waals surface area contributed by atoms with Crippen molar-refractivity contribution < 1.29 is 18.7 Å². The van der Waals surface area contributed by atoms with E-state index in [9.17, 15) is 13.6 Å². The first-order valence-electron chi connectivity index (χ1n) is 5.96. The Morgan fingerprint density at radius 1 is 1.50 bits per heavy atom. The number of carbonyl (C=O) groups excluding carboxylic acids is 1. The molecule has 2 heterocycles. The second-order valence-electron chi connectivity index (χ2n) is 4.06. The molecule has 1 unspecified atom stereocenters. The van der Waals surface area contributed by atoms with Crippen LogP contribution in [-0.2, 0) is 6.42 Å². The van der Waals surface area contributed by atoms with E-state index in [1.54, 1.807) is 0 Å². The standard InChI is InChI=1S/C11H13F2N5O2/c1-2-7-6(3-15-11-16-5-17-18(7)11)10(20)14-4-8(19)9(12)13/h3,5,8-9,19H,2,4H2,1H3,(H,14,20). The third kappa shape index (κ3) is 2.72. The fourth-order valence-corrected chi connectivity index (χ4v) is 1.74. The van der Waals surface area contributed by atoms with Gasteiger partial charge in [0.15, 0.2) is 0 Å². The highest BCUT2D eigenvalue weighted by Crippen LogP contribution is 2.10. The molecule has 108 valence electrons. The van der Waals surface area contributed by atoms with Gasteiger partial charge in [0.05, 0.1) is 11.3 Å². The van der Waals surface area contributed by atoms with Crippen LogP contribution in [0, 0.1) is 0 Å². The number of halogens is 2. The molecule has 7 nitrogen and oxygen atoms in total. The van der Waals surface area contributed by atoms with Gasteiger partial charge in [0.25, 0.3) is 18.1 Å². The summed E-state index contributed by atoms with van der Waals surface area (Å²) in [5, 5.41) is 15.2. The van der Waals surface area contributed by atoms with E-state index in [1.807, 2.05) is 6.92 Å². The number of aryl methyl sites for hydroxylation is 1. The van der Waals surface area contributed by atoms with Crippen molar-refractivity contribution in [2.45, 2.75) is 25.9 Å². The molecule has 0 aromatic carbocycles. The molecular formula is C11H13F2N5O2. The number of carbonyl (C=O) groups is 1. The number of aromatic nitrogens is 4.